The fourth-order valence-corrected chi connectivity index (χ4v) is 3.24. The Morgan fingerprint density at radius 3 is 2.48 bits per heavy atom. The fraction of sp³-hybridized carbons (Fsp3) is 0.786. The molecule has 0 aromatic heterocycles. The highest BCUT2D eigenvalue weighted by atomic mass is 16.7. The van der Waals surface area contributed by atoms with E-state index in [0.29, 0.717) is 19.4 Å². The van der Waals surface area contributed by atoms with Gasteiger partial charge in [-0.25, -0.2) is 10.1 Å². The van der Waals surface area contributed by atoms with Gasteiger partial charge in [-0.05, 0) is 25.7 Å². The lowest BCUT2D eigenvalue weighted by atomic mass is 9.78. The Labute approximate surface area is 134 Å². The Bertz CT molecular complexity index is 537. The van der Waals surface area contributed by atoms with Crippen molar-refractivity contribution in [3.05, 3.63) is 10.1 Å². The molecule has 0 radical (unpaired) electrons. The summed E-state index contributed by atoms with van der Waals surface area (Å²) in [6.07, 6.45) is 2.14. The number of rotatable bonds is 5. The first-order valence-corrected chi connectivity index (χ1v) is 7.82. The molecule has 1 unspecified atom stereocenters. The summed E-state index contributed by atoms with van der Waals surface area (Å²) < 4.78 is 5.53. The van der Waals surface area contributed by atoms with E-state index in [-0.39, 0.29) is 18.6 Å². The van der Waals surface area contributed by atoms with E-state index in [0.717, 1.165) is 17.7 Å². The quantitative estimate of drug-likeness (QED) is 0.422. The molecule has 0 N–H and O–H groups in total. The van der Waals surface area contributed by atoms with Crippen molar-refractivity contribution in [3.8, 4) is 0 Å². The molecule has 128 valence electrons. The molecule has 0 bridgehead atoms. The smallest absolute Gasteiger partial charge is 0.287 e. The molecule has 2 heterocycles. The van der Waals surface area contributed by atoms with Crippen LogP contribution >= 0.6 is 0 Å². The van der Waals surface area contributed by atoms with Crippen LogP contribution in [0.4, 0.5) is 0 Å². The van der Waals surface area contributed by atoms with Crippen molar-refractivity contribution in [2.45, 2.75) is 45.6 Å². The minimum Gasteiger partial charge on any atom is -0.376 e. The second-order valence-electron chi connectivity index (χ2n) is 5.84. The largest absolute Gasteiger partial charge is 0.376 e. The Morgan fingerprint density at radius 2 is 2.00 bits per heavy atom. The topological polar surface area (TPSA) is 105 Å². The summed E-state index contributed by atoms with van der Waals surface area (Å²) in [6.45, 7) is 4.32. The normalized spacial score (nSPS) is 26.2. The van der Waals surface area contributed by atoms with Crippen molar-refractivity contribution in [1.29, 1.82) is 0 Å². The third-order valence-electron chi connectivity index (χ3n) is 4.70. The maximum absolute atomic E-state index is 13.0. The van der Waals surface area contributed by atoms with Crippen LogP contribution in [0.3, 0.4) is 0 Å². The zero-order valence-electron chi connectivity index (χ0n) is 13.7. The van der Waals surface area contributed by atoms with Crippen molar-refractivity contribution >= 4 is 17.8 Å². The first-order valence-electron chi connectivity index (χ1n) is 7.82. The van der Waals surface area contributed by atoms with E-state index in [2.05, 4.69) is 5.10 Å². The van der Waals surface area contributed by atoms with Gasteiger partial charge in [-0.3, -0.25) is 19.4 Å². The lowest BCUT2D eigenvalue weighted by molar-refractivity contribution is -0.486. The zero-order chi connectivity index (χ0) is 17.2. The molecule has 9 heteroatoms. The highest BCUT2D eigenvalue weighted by Crippen LogP contribution is 2.36. The van der Waals surface area contributed by atoms with Gasteiger partial charge in [-0.2, -0.15) is 0 Å². The van der Waals surface area contributed by atoms with Gasteiger partial charge in [0, 0.05) is 13.7 Å². The predicted octanol–water partition coefficient (Wildman–Crippen LogP) is 0.820. The average molecular weight is 326 g/mol. The maximum atomic E-state index is 13.0. The summed E-state index contributed by atoms with van der Waals surface area (Å²) in [5, 5.41) is 13.2. The highest BCUT2D eigenvalue weighted by molar-refractivity contribution is 6.20. The van der Waals surface area contributed by atoms with Gasteiger partial charge in [0.05, 0.1) is 12.6 Å². The monoisotopic (exact) mass is 326 g/mol. The third kappa shape index (κ3) is 2.92. The molecule has 2 aliphatic rings. The second kappa shape index (κ2) is 6.61. The first kappa shape index (κ1) is 17.3. The number of hydrogen-bond donors (Lipinski definition) is 0. The van der Waals surface area contributed by atoms with Gasteiger partial charge in [-0.1, -0.05) is 13.8 Å². The van der Waals surface area contributed by atoms with E-state index in [1.54, 1.807) is 13.8 Å². The summed E-state index contributed by atoms with van der Waals surface area (Å²) in [6, 6.07) is 0. The molecular weight excluding hydrogens is 304 g/mol. The van der Waals surface area contributed by atoms with Crippen LogP contribution in [-0.4, -0.2) is 58.9 Å². The van der Waals surface area contributed by atoms with E-state index in [1.165, 1.54) is 11.9 Å². The van der Waals surface area contributed by atoms with E-state index in [9.17, 15) is 19.7 Å². The van der Waals surface area contributed by atoms with Crippen molar-refractivity contribution in [2.75, 3.05) is 20.2 Å². The summed E-state index contributed by atoms with van der Waals surface area (Å²) in [7, 11) is 1.42. The number of carbonyl (C=O) groups excluding carboxylic acids is 2. The lowest BCUT2D eigenvalue weighted by Crippen LogP contribution is -2.65. The van der Waals surface area contributed by atoms with Gasteiger partial charge in [-0.15, -0.1) is 0 Å². The molecule has 2 saturated heterocycles. The standard InChI is InChI=1S/C14H22N4O5/c1-4-14(5-2)11(19)16(3)13(15-18(21)22)17(12(14)20)9-10-7-6-8-23-10/h10H,4-9H2,1-3H3/b15-13+. The molecule has 2 rings (SSSR count). The van der Waals surface area contributed by atoms with Crippen LogP contribution in [0.15, 0.2) is 5.10 Å². The number of ether oxygens (including phenoxy) is 1. The van der Waals surface area contributed by atoms with Gasteiger partial charge in [0.15, 0.2) is 5.03 Å². The number of nitrogens with zero attached hydrogens (tertiary/aromatic N) is 4. The second-order valence-corrected chi connectivity index (χ2v) is 5.84. The molecule has 2 aliphatic heterocycles. The molecule has 0 aromatic carbocycles. The number of hydrogen-bond acceptors (Lipinski definition) is 5. The van der Waals surface area contributed by atoms with Gasteiger partial charge in [0.1, 0.15) is 10.5 Å². The van der Waals surface area contributed by atoms with Gasteiger partial charge >= 0.3 is 0 Å². The zero-order valence-corrected chi connectivity index (χ0v) is 13.7. The average Bonchev–Trinajstić information content (AvgIpc) is 3.03. The van der Waals surface area contributed by atoms with Crippen molar-refractivity contribution in [1.82, 2.24) is 9.80 Å². The van der Waals surface area contributed by atoms with Crippen LogP contribution in [0.5, 0.6) is 0 Å². The number of amides is 2. The molecular formula is C14H22N4O5. The molecule has 2 amide bonds. The Hall–Kier alpha value is -2.03. The minimum atomic E-state index is -1.19. The molecule has 0 aliphatic carbocycles. The van der Waals surface area contributed by atoms with E-state index in [1.807, 2.05) is 0 Å². The summed E-state index contributed by atoms with van der Waals surface area (Å²) >= 11 is 0. The van der Waals surface area contributed by atoms with Crippen molar-refractivity contribution in [3.63, 3.8) is 0 Å². The summed E-state index contributed by atoms with van der Waals surface area (Å²) in [5.74, 6) is -1.11. The minimum absolute atomic E-state index is 0.172. The van der Waals surface area contributed by atoms with Crippen LogP contribution in [0.2, 0.25) is 0 Å². The fourth-order valence-electron chi connectivity index (χ4n) is 3.24. The number of carbonyl (C=O) groups is 2. The number of guanidine groups is 1. The van der Waals surface area contributed by atoms with E-state index in [4.69, 9.17) is 4.74 Å². The van der Waals surface area contributed by atoms with Crippen LogP contribution < -0.4 is 0 Å². The highest BCUT2D eigenvalue weighted by Gasteiger charge is 2.54. The molecule has 0 spiro atoms. The van der Waals surface area contributed by atoms with Crippen LogP contribution in [0.1, 0.15) is 39.5 Å². The summed E-state index contributed by atoms with van der Waals surface area (Å²) in [5.41, 5.74) is -1.19. The SMILES string of the molecule is CCC1(CC)C(=O)N(C)/C(=N\[N+](=O)[O-])N(CC2CCCO2)C1=O. The van der Waals surface area contributed by atoms with Gasteiger partial charge < -0.3 is 4.74 Å². The summed E-state index contributed by atoms with van der Waals surface area (Å²) in [4.78, 5) is 38.8. The predicted molar refractivity (Wildman–Crippen MR) is 80.9 cm³/mol. The Morgan fingerprint density at radius 1 is 1.35 bits per heavy atom. The molecule has 0 aromatic rings. The van der Waals surface area contributed by atoms with Gasteiger partial charge in [0.2, 0.25) is 11.8 Å². The molecule has 1 atom stereocenters. The van der Waals surface area contributed by atoms with Crippen molar-refractivity contribution < 1.29 is 19.4 Å². The Kier molecular flexibility index (Phi) is 4.98. The molecule has 2 fully saturated rings. The van der Waals surface area contributed by atoms with Crippen molar-refractivity contribution in [2.24, 2.45) is 10.5 Å². The number of nitro groups is 1. The van der Waals surface area contributed by atoms with E-state index >= 15 is 0 Å². The molecule has 0 saturated carbocycles. The molecule has 23 heavy (non-hydrogen) atoms. The third-order valence-corrected chi connectivity index (χ3v) is 4.70. The Balaban J connectivity index is 2.43. The maximum Gasteiger partial charge on any atom is 0.287 e. The van der Waals surface area contributed by atoms with Crippen LogP contribution in [0, 0.1) is 15.5 Å². The van der Waals surface area contributed by atoms with Crippen LogP contribution in [0.25, 0.3) is 0 Å². The van der Waals surface area contributed by atoms with Crippen LogP contribution in [-0.2, 0) is 14.3 Å². The molecule has 9 nitrogen and oxygen atoms in total. The number of hydrazone groups is 1. The first-order chi connectivity index (χ1) is 10.9. The van der Waals surface area contributed by atoms with E-state index < -0.39 is 22.3 Å². The van der Waals surface area contributed by atoms with Gasteiger partial charge in [0.25, 0.3) is 5.96 Å². The lowest BCUT2D eigenvalue weighted by Gasteiger charge is -2.43.